The molecule has 5 heteroatoms. The van der Waals surface area contributed by atoms with Gasteiger partial charge in [0, 0.05) is 38.3 Å². The molecule has 0 aromatic heterocycles. The molecule has 2 heterocycles. The van der Waals surface area contributed by atoms with Crippen molar-refractivity contribution < 1.29 is 19.0 Å². The number of hydrogen-bond acceptors (Lipinski definition) is 3. The van der Waals surface area contributed by atoms with Crippen molar-refractivity contribution in [3.8, 4) is 0 Å². The molecule has 1 spiro atoms. The summed E-state index contributed by atoms with van der Waals surface area (Å²) in [6.45, 7) is 3.31. The van der Waals surface area contributed by atoms with Crippen molar-refractivity contribution in [3.63, 3.8) is 0 Å². The molecule has 114 valence electrons. The number of carbonyl (C=O) groups is 1. The summed E-state index contributed by atoms with van der Waals surface area (Å²) in [5.74, 6) is -1.29. The van der Waals surface area contributed by atoms with Gasteiger partial charge in [-0.3, -0.25) is 9.69 Å². The van der Waals surface area contributed by atoms with Crippen LogP contribution >= 0.6 is 0 Å². The first-order valence-corrected chi connectivity index (χ1v) is 7.36. The SMILES string of the molecule is O=C(O)[C@@H]1CN(Cc2ccc(F)cc2)CC12CCOCC2. The van der Waals surface area contributed by atoms with Gasteiger partial charge >= 0.3 is 5.97 Å². The summed E-state index contributed by atoms with van der Waals surface area (Å²) >= 11 is 0. The van der Waals surface area contributed by atoms with Crippen LogP contribution in [0, 0.1) is 17.2 Å². The van der Waals surface area contributed by atoms with Crippen LogP contribution in [0.2, 0.25) is 0 Å². The third kappa shape index (κ3) is 2.94. The van der Waals surface area contributed by atoms with E-state index in [1.54, 1.807) is 12.1 Å². The quantitative estimate of drug-likeness (QED) is 0.927. The number of carboxylic acid groups (broad SMARTS) is 1. The Morgan fingerprint density at radius 3 is 2.62 bits per heavy atom. The molecule has 0 aliphatic carbocycles. The normalized spacial score (nSPS) is 25.3. The first-order valence-electron chi connectivity index (χ1n) is 7.36. The minimum atomic E-state index is -0.710. The van der Waals surface area contributed by atoms with Crippen molar-refractivity contribution in [1.82, 2.24) is 4.90 Å². The van der Waals surface area contributed by atoms with Crippen molar-refractivity contribution in [2.45, 2.75) is 19.4 Å². The molecule has 1 aromatic rings. The number of halogens is 1. The predicted octanol–water partition coefficient (Wildman–Crippen LogP) is 2.14. The van der Waals surface area contributed by atoms with Gasteiger partial charge in [0.05, 0.1) is 5.92 Å². The summed E-state index contributed by atoms with van der Waals surface area (Å²) in [6, 6.07) is 6.43. The zero-order valence-corrected chi connectivity index (χ0v) is 11.9. The summed E-state index contributed by atoms with van der Waals surface area (Å²) in [5.41, 5.74) is 0.856. The van der Waals surface area contributed by atoms with Gasteiger partial charge in [0.25, 0.3) is 0 Å². The highest BCUT2D eigenvalue weighted by Crippen LogP contribution is 2.44. The Kier molecular flexibility index (Phi) is 3.95. The fourth-order valence-corrected chi connectivity index (χ4v) is 3.66. The van der Waals surface area contributed by atoms with Gasteiger partial charge in [-0.15, -0.1) is 0 Å². The van der Waals surface area contributed by atoms with Gasteiger partial charge in [-0.05, 0) is 30.5 Å². The third-order valence-electron chi connectivity index (χ3n) is 4.82. The fraction of sp³-hybridized carbons (Fsp3) is 0.562. The Bertz CT molecular complexity index is 511. The van der Waals surface area contributed by atoms with Crippen LogP contribution in [0.3, 0.4) is 0 Å². The molecule has 0 saturated carbocycles. The van der Waals surface area contributed by atoms with Gasteiger partial charge in [-0.2, -0.15) is 0 Å². The van der Waals surface area contributed by atoms with Crippen LogP contribution in [-0.4, -0.2) is 42.3 Å². The smallest absolute Gasteiger partial charge is 0.308 e. The number of benzene rings is 1. The molecule has 0 amide bonds. The van der Waals surface area contributed by atoms with Crippen molar-refractivity contribution in [3.05, 3.63) is 35.6 Å². The predicted molar refractivity (Wildman–Crippen MR) is 75.3 cm³/mol. The van der Waals surface area contributed by atoms with Crippen LogP contribution in [0.15, 0.2) is 24.3 Å². The average molecular weight is 293 g/mol. The number of nitrogens with zero attached hydrogens (tertiary/aromatic N) is 1. The summed E-state index contributed by atoms with van der Waals surface area (Å²) in [6.07, 6.45) is 1.62. The Hall–Kier alpha value is -1.46. The molecule has 2 fully saturated rings. The lowest BCUT2D eigenvalue weighted by molar-refractivity contribution is -0.146. The lowest BCUT2D eigenvalue weighted by atomic mass is 9.72. The largest absolute Gasteiger partial charge is 0.481 e. The molecule has 4 nitrogen and oxygen atoms in total. The minimum absolute atomic E-state index is 0.163. The van der Waals surface area contributed by atoms with Crippen molar-refractivity contribution >= 4 is 5.97 Å². The summed E-state index contributed by atoms with van der Waals surface area (Å²) in [7, 11) is 0. The van der Waals surface area contributed by atoms with E-state index in [-0.39, 0.29) is 17.2 Å². The van der Waals surface area contributed by atoms with Crippen LogP contribution in [0.25, 0.3) is 0 Å². The maximum atomic E-state index is 12.9. The number of ether oxygens (including phenoxy) is 1. The Balaban J connectivity index is 1.73. The van der Waals surface area contributed by atoms with Gasteiger partial charge in [0.15, 0.2) is 0 Å². The second-order valence-corrected chi connectivity index (χ2v) is 6.16. The first-order chi connectivity index (χ1) is 10.1. The average Bonchev–Trinajstić information content (AvgIpc) is 2.80. The van der Waals surface area contributed by atoms with Crippen LogP contribution < -0.4 is 0 Å². The zero-order valence-electron chi connectivity index (χ0n) is 11.9. The van der Waals surface area contributed by atoms with Crippen molar-refractivity contribution in [1.29, 1.82) is 0 Å². The number of aliphatic carboxylic acids is 1. The number of hydrogen-bond donors (Lipinski definition) is 1. The number of rotatable bonds is 3. The van der Waals surface area contributed by atoms with Crippen LogP contribution in [-0.2, 0) is 16.1 Å². The Morgan fingerprint density at radius 1 is 1.33 bits per heavy atom. The maximum Gasteiger partial charge on any atom is 0.308 e. The zero-order chi connectivity index (χ0) is 14.9. The lowest BCUT2D eigenvalue weighted by Crippen LogP contribution is -2.40. The molecule has 0 bridgehead atoms. The van der Waals surface area contributed by atoms with Crippen LogP contribution in [0.1, 0.15) is 18.4 Å². The summed E-state index contributed by atoms with van der Waals surface area (Å²) in [5, 5.41) is 9.53. The van der Waals surface area contributed by atoms with Crippen LogP contribution in [0.4, 0.5) is 4.39 Å². The van der Waals surface area contributed by atoms with Gasteiger partial charge < -0.3 is 9.84 Å². The van der Waals surface area contributed by atoms with Gasteiger partial charge in [-0.25, -0.2) is 4.39 Å². The summed E-state index contributed by atoms with van der Waals surface area (Å²) in [4.78, 5) is 13.8. The highest BCUT2D eigenvalue weighted by molar-refractivity contribution is 5.72. The number of carboxylic acids is 1. The minimum Gasteiger partial charge on any atom is -0.481 e. The maximum absolute atomic E-state index is 12.9. The highest BCUT2D eigenvalue weighted by atomic mass is 19.1. The van der Waals surface area contributed by atoms with Crippen molar-refractivity contribution in [2.24, 2.45) is 11.3 Å². The molecule has 3 rings (SSSR count). The number of likely N-dealkylation sites (tertiary alicyclic amines) is 1. The topological polar surface area (TPSA) is 49.8 Å². The van der Waals surface area contributed by atoms with E-state index in [2.05, 4.69) is 4.90 Å². The Morgan fingerprint density at radius 2 is 2.00 bits per heavy atom. The van der Waals surface area contributed by atoms with E-state index >= 15 is 0 Å². The van der Waals surface area contributed by atoms with E-state index in [9.17, 15) is 14.3 Å². The lowest BCUT2D eigenvalue weighted by Gasteiger charge is -2.36. The standard InChI is InChI=1S/C16H20FNO3/c17-13-3-1-12(2-4-13)9-18-10-14(15(19)20)16(11-18)5-7-21-8-6-16/h1-4,14H,5-11H2,(H,19,20)/t14-/m0/s1. The molecule has 1 N–H and O–H groups in total. The van der Waals surface area contributed by atoms with E-state index in [1.165, 1.54) is 12.1 Å². The van der Waals surface area contributed by atoms with Crippen molar-refractivity contribution in [2.75, 3.05) is 26.3 Å². The fourth-order valence-electron chi connectivity index (χ4n) is 3.66. The van der Waals surface area contributed by atoms with Gasteiger partial charge in [0.1, 0.15) is 5.82 Å². The molecular formula is C16H20FNO3. The molecule has 1 aromatic carbocycles. The van der Waals surface area contributed by atoms with E-state index < -0.39 is 5.97 Å². The van der Waals surface area contributed by atoms with Gasteiger partial charge in [0.2, 0.25) is 0 Å². The molecular weight excluding hydrogens is 273 g/mol. The monoisotopic (exact) mass is 293 g/mol. The molecule has 2 aliphatic heterocycles. The second-order valence-electron chi connectivity index (χ2n) is 6.16. The van der Waals surface area contributed by atoms with E-state index in [4.69, 9.17) is 4.74 Å². The second kappa shape index (κ2) is 5.73. The molecule has 2 saturated heterocycles. The molecule has 2 aliphatic rings. The molecule has 1 atom stereocenters. The highest BCUT2D eigenvalue weighted by Gasteiger charge is 2.50. The van der Waals surface area contributed by atoms with Crippen LogP contribution in [0.5, 0.6) is 0 Å². The van der Waals surface area contributed by atoms with E-state index in [0.717, 1.165) is 24.9 Å². The van der Waals surface area contributed by atoms with E-state index in [1.807, 2.05) is 0 Å². The Labute approximate surface area is 123 Å². The molecule has 0 radical (unpaired) electrons. The molecule has 21 heavy (non-hydrogen) atoms. The first kappa shape index (κ1) is 14.5. The van der Waals surface area contributed by atoms with Gasteiger partial charge in [-0.1, -0.05) is 12.1 Å². The summed E-state index contributed by atoms with van der Waals surface area (Å²) < 4.78 is 18.3. The van der Waals surface area contributed by atoms with E-state index in [0.29, 0.717) is 26.3 Å². The third-order valence-corrected chi connectivity index (χ3v) is 4.82. The molecule has 0 unspecified atom stereocenters.